The summed E-state index contributed by atoms with van der Waals surface area (Å²) in [7, 11) is 0. The van der Waals surface area contributed by atoms with E-state index in [1.54, 1.807) is 0 Å². The molecule has 0 radical (unpaired) electrons. The van der Waals surface area contributed by atoms with Crippen LogP contribution in [0.25, 0.3) is 22.0 Å². The Morgan fingerprint density at radius 3 is 2.60 bits per heavy atom. The van der Waals surface area contributed by atoms with Crippen LogP contribution >= 0.6 is 0 Å². The van der Waals surface area contributed by atoms with E-state index in [0.29, 0.717) is 6.42 Å². The second-order valence-corrected chi connectivity index (χ2v) is 4.83. The van der Waals surface area contributed by atoms with E-state index in [9.17, 15) is 4.79 Å². The molecule has 0 atom stereocenters. The van der Waals surface area contributed by atoms with Gasteiger partial charge in [-0.3, -0.25) is 4.79 Å². The Labute approximate surface area is 116 Å². The maximum atomic E-state index is 10.7. The van der Waals surface area contributed by atoms with Crippen LogP contribution in [-0.2, 0) is 11.2 Å². The molecule has 0 aliphatic heterocycles. The molecule has 1 aromatic heterocycles. The molecule has 3 heteroatoms. The van der Waals surface area contributed by atoms with Gasteiger partial charge in [0.25, 0.3) is 0 Å². The first-order chi connectivity index (χ1) is 9.74. The topological polar surface area (TPSA) is 53.1 Å². The van der Waals surface area contributed by atoms with Gasteiger partial charge in [-0.25, -0.2) is 0 Å². The number of hydrogen-bond donors (Lipinski definition) is 2. The van der Waals surface area contributed by atoms with E-state index < -0.39 is 5.97 Å². The summed E-state index contributed by atoms with van der Waals surface area (Å²) < 4.78 is 0. The number of aromatic amines is 1. The molecule has 0 amide bonds. The normalized spacial score (nSPS) is 10.8. The van der Waals surface area contributed by atoms with Gasteiger partial charge in [0.05, 0.1) is 0 Å². The van der Waals surface area contributed by atoms with Crippen LogP contribution in [0, 0.1) is 0 Å². The molecule has 0 saturated carbocycles. The molecule has 0 fully saturated rings. The number of aryl methyl sites for hydroxylation is 1. The molecule has 0 saturated heterocycles. The number of aromatic nitrogens is 1. The van der Waals surface area contributed by atoms with Gasteiger partial charge in [-0.15, -0.1) is 0 Å². The number of carboxylic acid groups (broad SMARTS) is 1. The lowest BCUT2D eigenvalue weighted by Gasteiger charge is -2.02. The predicted molar refractivity (Wildman–Crippen MR) is 79.7 cm³/mol. The third-order valence-electron chi connectivity index (χ3n) is 3.48. The van der Waals surface area contributed by atoms with Gasteiger partial charge >= 0.3 is 5.97 Å². The van der Waals surface area contributed by atoms with Crippen molar-refractivity contribution in [3.63, 3.8) is 0 Å². The second-order valence-electron chi connectivity index (χ2n) is 4.83. The number of H-pyrrole nitrogens is 1. The lowest BCUT2D eigenvalue weighted by Crippen LogP contribution is -1.96. The van der Waals surface area contributed by atoms with Crippen LogP contribution in [0.4, 0.5) is 0 Å². The number of benzene rings is 2. The number of hydrogen-bond acceptors (Lipinski definition) is 1. The molecule has 2 N–H and O–H groups in total. The molecule has 2 aromatic carbocycles. The lowest BCUT2D eigenvalue weighted by molar-refractivity contribution is -0.136. The van der Waals surface area contributed by atoms with Crippen LogP contribution in [0.2, 0.25) is 0 Å². The van der Waals surface area contributed by atoms with Crippen LogP contribution in [0.1, 0.15) is 12.0 Å². The van der Waals surface area contributed by atoms with Crippen molar-refractivity contribution in [3.8, 4) is 11.1 Å². The highest BCUT2D eigenvalue weighted by atomic mass is 16.4. The maximum absolute atomic E-state index is 10.7. The number of rotatable bonds is 4. The van der Waals surface area contributed by atoms with Crippen molar-refractivity contribution in [2.45, 2.75) is 12.8 Å². The fourth-order valence-electron chi connectivity index (χ4n) is 2.44. The van der Waals surface area contributed by atoms with Crippen LogP contribution in [0.5, 0.6) is 0 Å². The molecule has 100 valence electrons. The van der Waals surface area contributed by atoms with Gasteiger partial charge in [0.1, 0.15) is 0 Å². The van der Waals surface area contributed by atoms with E-state index in [-0.39, 0.29) is 6.42 Å². The van der Waals surface area contributed by atoms with Gasteiger partial charge in [-0.1, -0.05) is 42.5 Å². The minimum atomic E-state index is -0.764. The van der Waals surface area contributed by atoms with Crippen molar-refractivity contribution < 1.29 is 9.90 Å². The van der Waals surface area contributed by atoms with Crippen LogP contribution < -0.4 is 0 Å². The zero-order chi connectivity index (χ0) is 13.9. The van der Waals surface area contributed by atoms with E-state index in [0.717, 1.165) is 22.0 Å². The SMILES string of the molecule is O=C(O)CCc1c[nH]c2cc(-c3ccccc3)ccc12. The van der Waals surface area contributed by atoms with Crippen molar-refractivity contribution in [1.29, 1.82) is 0 Å². The number of nitrogens with one attached hydrogen (secondary N) is 1. The first-order valence-electron chi connectivity index (χ1n) is 6.61. The summed E-state index contributed by atoms with van der Waals surface area (Å²) in [5.41, 5.74) is 4.44. The smallest absolute Gasteiger partial charge is 0.303 e. The Kier molecular flexibility index (Phi) is 3.25. The van der Waals surface area contributed by atoms with Crippen LogP contribution in [0.3, 0.4) is 0 Å². The molecule has 3 nitrogen and oxygen atoms in total. The Morgan fingerprint density at radius 1 is 1.05 bits per heavy atom. The Bertz CT molecular complexity index is 744. The fraction of sp³-hybridized carbons (Fsp3) is 0.118. The van der Waals surface area contributed by atoms with Crippen LogP contribution in [-0.4, -0.2) is 16.1 Å². The quantitative estimate of drug-likeness (QED) is 0.752. The average Bonchev–Trinajstić information content (AvgIpc) is 2.88. The van der Waals surface area contributed by atoms with E-state index in [1.807, 2.05) is 24.4 Å². The summed E-state index contributed by atoms with van der Waals surface area (Å²) in [6.45, 7) is 0. The molecule has 0 unspecified atom stereocenters. The van der Waals surface area contributed by atoms with Gasteiger partial charge in [0.2, 0.25) is 0 Å². The van der Waals surface area contributed by atoms with Crippen molar-refractivity contribution in [1.82, 2.24) is 4.98 Å². The molecule has 0 bridgehead atoms. The van der Waals surface area contributed by atoms with Crippen molar-refractivity contribution in [2.24, 2.45) is 0 Å². The molecule has 0 aliphatic rings. The first kappa shape index (κ1) is 12.5. The summed E-state index contributed by atoms with van der Waals surface area (Å²) in [6, 6.07) is 16.4. The number of fused-ring (bicyclic) bond motifs is 1. The third kappa shape index (κ3) is 2.43. The van der Waals surface area contributed by atoms with Gasteiger partial charge < -0.3 is 10.1 Å². The van der Waals surface area contributed by atoms with Crippen molar-refractivity contribution >= 4 is 16.9 Å². The second kappa shape index (κ2) is 5.21. The Hall–Kier alpha value is -2.55. The molecule has 0 aliphatic carbocycles. The summed E-state index contributed by atoms with van der Waals surface area (Å²) in [5, 5.41) is 9.87. The van der Waals surface area contributed by atoms with E-state index in [2.05, 4.69) is 35.3 Å². The van der Waals surface area contributed by atoms with E-state index >= 15 is 0 Å². The van der Waals surface area contributed by atoms with Crippen molar-refractivity contribution in [3.05, 3.63) is 60.3 Å². The largest absolute Gasteiger partial charge is 0.481 e. The minimum absolute atomic E-state index is 0.160. The zero-order valence-corrected chi connectivity index (χ0v) is 11.0. The van der Waals surface area contributed by atoms with Gasteiger partial charge in [-0.2, -0.15) is 0 Å². The number of carboxylic acids is 1. The highest BCUT2D eigenvalue weighted by Crippen LogP contribution is 2.26. The van der Waals surface area contributed by atoms with E-state index in [4.69, 9.17) is 5.11 Å². The molecule has 3 aromatic rings. The average molecular weight is 265 g/mol. The number of carbonyl (C=O) groups is 1. The standard InChI is InChI=1S/C17H15NO2/c19-17(20)9-7-14-11-18-16-10-13(6-8-15(14)16)12-4-2-1-3-5-12/h1-6,8,10-11,18H,7,9H2,(H,19,20). The summed E-state index contributed by atoms with van der Waals surface area (Å²) in [5.74, 6) is -0.764. The Morgan fingerprint density at radius 2 is 1.85 bits per heavy atom. The van der Waals surface area contributed by atoms with Crippen LogP contribution in [0.15, 0.2) is 54.7 Å². The summed E-state index contributed by atoms with van der Waals surface area (Å²) >= 11 is 0. The molecule has 20 heavy (non-hydrogen) atoms. The zero-order valence-electron chi connectivity index (χ0n) is 11.0. The van der Waals surface area contributed by atoms with Crippen molar-refractivity contribution in [2.75, 3.05) is 0 Å². The fourth-order valence-corrected chi connectivity index (χ4v) is 2.44. The number of aliphatic carboxylic acids is 1. The molecule has 0 spiro atoms. The predicted octanol–water partition coefficient (Wildman–Crippen LogP) is 3.85. The maximum Gasteiger partial charge on any atom is 0.303 e. The van der Waals surface area contributed by atoms with E-state index in [1.165, 1.54) is 5.56 Å². The minimum Gasteiger partial charge on any atom is -0.481 e. The lowest BCUT2D eigenvalue weighted by atomic mass is 10.0. The third-order valence-corrected chi connectivity index (χ3v) is 3.48. The highest BCUT2D eigenvalue weighted by molar-refractivity contribution is 5.88. The monoisotopic (exact) mass is 265 g/mol. The van der Waals surface area contributed by atoms with Gasteiger partial charge in [-0.05, 0) is 29.2 Å². The first-order valence-corrected chi connectivity index (χ1v) is 6.61. The molecular formula is C17H15NO2. The molecular weight excluding hydrogens is 250 g/mol. The van der Waals surface area contributed by atoms with Gasteiger partial charge in [0, 0.05) is 23.5 Å². The highest BCUT2D eigenvalue weighted by Gasteiger charge is 2.07. The Balaban J connectivity index is 1.95. The molecule has 1 heterocycles. The summed E-state index contributed by atoms with van der Waals surface area (Å²) in [4.78, 5) is 13.9. The van der Waals surface area contributed by atoms with Gasteiger partial charge in [0.15, 0.2) is 0 Å². The molecule has 3 rings (SSSR count). The summed E-state index contributed by atoms with van der Waals surface area (Å²) in [6.07, 6.45) is 2.62.